The van der Waals surface area contributed by atoms with E-state index < -0.39 is 5.54 Å². The Hall–Kier alpha value is -2.96. The quantitative estimate of drug-likeness (QED) is 0.592. The molecule has 144 valence electrons. The van der Waals surface area contributed by atoms with Crippen molar-refractivity contribution in [2.45, 2.75) is 5.54 Å². The van der Waals surface area contributed by atoms with Crippen LogP contribution in [0.4, 0.5) is 16.2 Å². The third-order valence-electron chi connectivity index (χ3n) is 5.11. The largest absolute Gasteiger partial charge is 0.457 e. The van der Waals surface area contributed by atoms with Crippen LogP contribution in [-0.4, -0.2) is 16.9 Å². The molecule has 1 spiro atoms. The number of hydrogen-bond donors (Lipinski definition) is 1. The second kappa shape index (κ2) is 6.83. The summed E-state index contributed by atoms with van der Waals surface area (Å²) in [4.78, 5) is 27.3. The summed E-state index contributed by atoms with van der Waals surface area (Å²) in [6, 6.07) is 21.8. The molecule has 3 aromatic carbocycles. The molecule has 0 radical (unpaired) electrons. The maximum absolute atomic E-state index is 13.0. The second-order valence-corrected chi connectivity index (χ2v) is 8.16. The first-order chi connectivity index (χ1) is 14.1. The third kappa shape index (κ3) is 2.87. The van der Waals surface area contributed by atoms with Gasteiger partial charge in [0.2, 0.25) is 0 Å². The predicted octanol–water partition coefficient (Wildman–Crippen LogP) is 5.65. The van der Waals surface area contributed by atoms with Crippen molar-refractivity contribution in [3.63, 3.8) is 0 Å². The topological polar surface area (TPSA) is 58.6 Å². The molecule has 2 aliphatic rings. The number of anilines is 2. The smallest absolute Gasteiger partial charge is 0.287 e. The molecule has 3 aromatic rings. The van der Waals surface area contributed by atoms with E-state index in [4.69, 9.17) is 16.3 Å². The highest BCUT2D eigenvalue weighted by molar-refractivity contribution is 8.14. The van der Waals surface area contributed by atoms with Crippen molar-refractivity contribution in [2.24, 2.45) is 0 Å². The third-order valence-corrected chi connectivity index (χ3v) is 6.35. The Balaban J connectivity index is 1.49. The molecule has 0 aliphatic carbocycles. The van der Waals surface area contributed by atoms with E-state index in [2.05, 4.69) is 5.32 Å². The fourth-order valence-electron chi connectivity index (χ4n) is 3.74. The van der Waals surface area contributed by atoms with Gasteiger partial charge in [0.25, 0.3) is 11.1 Å². The lowest BCUT2D eigenvalue weighted by atomic mass is 9.91. The number of amides is 2. The molecule has 2 aliphatic heterocycles. The molecular formula is C22H15ClN2O3S. The van der Waals surface area contributed by atoms with Gasteiger partial charge >= 0.3 is 0 Å². The number of benzene rings is 3. The van der Waals surface area contributed by atoms with E-state index in [-0.39, 0.29) is 11.1 Å². The molecule has 1 atom stereocenters. The maximum atomic E-state index is 13.0. The fourth-order valence-corrected chi connectivity index (χ4v) is 5.01. The molecule has 5 nitrogen and oxygen atoms in total. The minimum absolute atomic E-state index is 0.150. The zero-order valence-electron chi connectivity index (χ0n) is 15.1. The van der Waals surface area contributed by atoms with E-state index in [0.717, 1.165) is 23.0 Å². The maximum Gasteiger partial charge on any atom is 0.287 e. The van der Waals surface area contributed by atoms with Crippen molar-refractivity contribution in [1.29, 1.82) is 0 Å². The van der Waals surface area contributed by atoms with Crippen molar-refractivity contribution in [2.75, 3.05) is 16.0 Å². The number of nitrogens with one attached hydrogen (secondary N) is 1. The van der Waals surface area contributed by atoms with Gasteiger partial charge in [0.15, 0.2) is 5.54 Å². The number of carbonyl (C=O) groups is 2. The van der Waals surface area contributed by atoms with Gasteiger partial charge in [-0.1, -0.05) is 41.6 Å². The summed E-state index contributed by atoms with van der Waals surface area (Å²) < 4.78 is 5.83. The van der Waals surface area contributed by atoms with Crippen molar-refractivity contribution < 1.29 is 14.3 Å². The van der Waals surface area contributed by atoms with Gasteiger partial charge in [0.1, 0.15) is 11.5 Å². The Morgan fingerprint density at radius 2 is 1.59 bits per heavy atom. The number of thioether (sulfide) groups is 1. The highest BCUT2D eigenvalue weighted by Crippen LogP contribution is 2.50. The van der Waals surface area contributed by atoms with E-state index in [1.54, 1.807) is 53.4 Å². The van der Waals surface area contributed by atoms with Crippen LogP contribution in [0.2, 0.25) is 5.02 Å². The van der Waals surface area contributed by atoms with Crippen LogP contribution in [0.25, 0.3) is 0 Å². The monoisotopic (exact) mass is 422 g/mol. The summed E-state index contributed by atoms with van der Waals surface area (Å²) in [7, 11) is 0. The molecule has 1 N–H and O–H groups in total. The Morgan fingerprint density at radius 1 is 0.931 bits per heavy atom. The predicted molar refractivity (Wildman–Crippen MR) is 115 cm³/mol. The summed E-state index contributed by atoms with van der Waals surface area (Å²) in [5.41, 5.74) is 1.19. The number of fused-ring (bicyclic) bond motifs is 2. The number of nitrogens with zero attached hydrogens (tertiary/aromatic N) is 1. The average Bonchev–Trinajstić information content (AvgIpc) is 3.22. The van der Waals surface area contributed by atoms with E-state index in [9.17, 15) is 9.59 Å². The van der Waals surface area contributed by atoms with Crippen molar-refractivity contribution in [3.8, 4) is 11.5 Å². The Morgan fingerprint density at radius 3 is 2.31 bits per heavy atom. The summed E-state index contributed by atoms with van der Waals surface area (Å²) in [5.74, 6) is 1.48. The minimum atomic E-state index is -1.03. The Kier molecular flexibility index (Phi) is 4.26. The van der Waals surface area contributed by atoms with Crippen molar-refractivity contribution in [3.05, 3.63) is 83.4 Å². The van der Waals surface area contributed by atoms with Gasteiger partial charge in [-0.2, -0.15) is 0 Å². The first-order valence-electron chi connectivity index (χ1n) is 8.99. The summed E-state index contributed by atoms with van der Waals surface area (Å²) in [5, 5.41) is 3.40. The lowest BCUT2D eigenvalue weighted by Crippen LogP contribution is -2.50. The van der Waals surface area contributed by atoms with Gasteiger partial charge in [-0.3, -0.25) is 14.5 Å². The summed E-state index contributed by atoms with van der Waals surface area (Å²) in [6.45, 7) is 0. The zero-order valence-corrected chi connectivity index (χ0v) is 16.7. The van der Waals surface area contributed by atoms with Crippen LogP contribution in [0.15, 0.2) is 72.8 Å². The van der Waals surface area contributed by atoms with Gasteiger partial charge in [-0.15, -0.1) is 0 Å². The first kappa shape index (κ1) is 18.1. The van der Waals surface area contributed by atoms with Crippen LogP contribution in [0.3, 0.4) is 0 Å². The molecule has 2 amide bonds. The lowest BCUT2D eigenvalue weighted by molar-refractivity contribution is -0.119. The molecule has 1 unspecified atom stereocenters. The number of hydrogen-bond acceptors (Lipinski definition) is 4. The van der Waals surface area contributed by atoms with Crippen LogP contribution in [0.1, 0.15) is 5.56 Å². The molecule has 7 heteroatoms. The molecule has 0 bridgehead atoms. The fraction of sp³-hybridized carbons (Fsp3) is 0.0909. The van der Waals surface area contributed by atoms with Crippen LogP contribution < -0.4 is 15.0 Å². The first-order valence-corrected chi connectivity index (χ1v) is 10.4. The zero-order chi connectivity index (χ0) is 20.0. The SMILES string of the molecule is O=C1SCC2(C(=O)Nc3ccccc32)N1c1ccc(Oc2ccc(Cl)cc2)cc1. The highest BCUT2D eigenvalue weighted by Gasteiger charge is 2.58. The molecule has 0 saturated carbocycles. The standard InChI is InChI=1S/C22H15ClN2O3S/c23-14-5-9-16(10-6-14)28-17-11-7-15(8-12-17)25-21(27)29-13-22(25)18-3-1-2-4-19(18)24-20(22)26/h1-12H,13H2,(H,24,26). The van der Waals surface area contributed by atoms with Crippen molar-refractivity contribution in [1.82, 2.24) is 0 Å². The minimum Gasteiger partial charge on any atom is -0.457 e. The number of rotatable bonds is 3. The number of carbonyl (C=O) groups excluding carboxylic acids is 2. The van der Waals surface area contributed by atoms with Gasteiger partial charge in [0, 0.05) is 27.7 Å². The second-order valence-electron chi connectivity index (χ2n) is 6.80. The molecular weight excluding hydrogens is 408 g/mol. The van der Waals surface area contributed by atoms with Gasteiger partial charge < -0.3 is 10.1 Å². The summed E-state index contributed by atoms with van der Waals surface area (Å²) in [6.07, 6.45) is 0. The Labute approximate surface area is 176 Å². The molecule has 0 aromatic heterocycles. The molecule has 1 saturated heterocycles. The van der Waals surface area contributed by atoms with Crippen LogP contribution >= 0.6 is 23.4 Å². The average molecular weight is 423 g/mol. The molecule has 29 heavy (non-hydrogen) atoms. The van der Waals surface area contributed by atoms with Crippen molar-refractivity contribution >= 4 is 45.9 Å². The van der Waals surface area contributed by atoms with Crippen LogP contribution in [0, 0.1) is 0 Å². The lowest BCUT2D eigenvalue weighted by Gasteiger charge is -2.32. The van der Waals surface area contributed by atoms with Gasteiger partial charge in [-0.25, -0.2) is 0 Å². The summed E-state index contributed by atoms with van der Waals surface area (Å²) >= 11 is 7.06. The van der Waals surface area contributed by atoms with Crippen LogP contribution in [-0.2, 0) is 10.3 Å². The normalized spacial score (nSPS) is 20.1. The Bertz CT molecular complexity index is 1120. The number of halogens is 1. The molecule has 5 rings (SSSR count). The highest BCUT2D eigenvalue weighted by atomic mass is 35.5. The van der Waals surface area contributed by atoms with Gasteiger partial charge in [0.05, 0.1) is 0 Å². The molecule has 1 fully saturated rings. The van der Waals surface area contributed by atoms with E-state index >= 15 is 0 Å². The van der Waals surface area contributed by atoms with E-state index in [0.29, 0.717) is 28.0 Å². The molecule has 2 heterocycles. The number of ether oxygens (including phenoxy) is 1. The van der Waals surface area contributed by atoms with E-state index in [1.807, 2.05) is 24.3 Å². The number of para-hydroxylation sites is 1. The van der Waals surface area contributed by atoms with E-state index in [1.165, 1.54) is 0 Å². The van der Waals surface area contributed by atoms with Gasteiger partial charge in [-0.05, 0) is 54.6 Å². The van der Waals surface area contributed by atoms with Crippen LogP contribution in [0.5, 0.6) is 11.5 Å².